The molecule has 6 nitrogen and oxygen atoms in total. The number of amides is 1. The molecule has 2 aromatic carbocycles. The molecule has 0 spiro atoms. The Morgan fingerprint density at radius 3 is 2.32 bits per heavy atom. The lowest BCUT2D eigenvalue weighted by Gasteiger charge is -2.34. The number of benzene rings is 2. The van der Waals surface area contributed by atoms with E-state index in [0.29, 0.717) is 42.6 Å². The highest BCUT2D eigenvalue weighted by Gasteiger charge is 2.31. The topological polar surface area (TPSA) is 67.9 Å². The van der Waals surface area contributed by atoms with Crippen molar-refractivity contribution in [1.29, 1.82) is 0 Å². The van der Waals surface area contributed by atoms with Crippen LogP contribution in [0, 0.1) is 0 Å². The number of halogens is 3. The lowest BCUT2D eigenvalue weighted by atomic mass is 10.0. The first-order valence-corrected chi connectivity index (χ1v) is 11.8. The van der Waals surface area contributed by atoms with Crippen LogP contribution in [0.1, 0.15) is 23.2 Å². The van der Waals surface area contributed by atoms with Gasteiger partial charge in [-0.1, -0.05) is 24.3 Å². The largest absolute Gasteiger partial charge is 0.573 e. The summed E-state index contributed by atoms with van der Waals surface area (Å²) in [5.74, 6) is -0.592. The fraction of sp³-hybridized carbons (Fsp3) is 0.381. The minimum absolute atomic E-state index is 0.0622. The first-order valence-electron chi connectivity index (χ1n) is 9.73. The molecule has 1 fully saturated rings. The van der Waals surface area contributed by atoms with Crippen LogP contribution in [-0.2, 0) is 9.09 Å². The van der Waals surface area contributed by atoms with Crippen molar-refractivity contribution in [1.82, 2.24) is 9.99 Å². The van der Waals surface area contributed by atoms with Crippen LogP contribution < -0.4 is 10.1 Å². The van der Waals surface area contributed by atoms with Crippen LogP contribution in [-0.4, -0.2) is 49.8 Å². The summed E-state index contributed by atoms with van der Waals surface area (Å²) in [5, 5.41) is 2.98. The van der Waals surface area contributed by atoms with Crippen molar-refractivity contribution in [3.8, 4) is 16.9 Å². The molecule has 10 heteroatoms. The fourth-order valence-corrected chi connectivity index (χ4v) is 4.66. The molecular weight excluding hydrogens is 432 g/mol. The zero-order valence-corrected chi connectivity index (χ0v) is 18.1. The molecule has 0 saturated carbocycles. The summed E-state index contributed by atoms with van der Waals surface area (Å²) in [6.07, 6.45) is -3.49. The summed E-state index contributed by atoms with van der Waals surface area (Å²) < 4.78 is 60.6. The molecule has 0 radical (unpaired) electrons. The van der Waals surface area contributed by atoms with Gasteiger partial charge in [-0.2, -0.15) is 0 Å². The van der Waals surface area contributed by atoms with E-state index < -0.39 is 13.9 Å². The summed E-state index contributed by atoms with van der Waals surface area (Å²) in [6.45, 7) is 2.68. The minimum atomic E-state index is -4.77. The smallest absolute Gasteiger partial charge is 0.406 e. The second-order valence-corrected chi connectivity index (χ2v) is 9.88. The van der Waals surface area contributed by atoms with Crippen molar-refractivity contribution in [3.05, 3.63) is 54.1 Å². The molecule has 31 heavy (non-hydrogen) atoms. The number of hydrogen-bond donors (Lipinski definition) is 1. The van der Waals surface area contributed by atoms with Gasteiger partial charge >= 0.3 is 6.36 Å². The van der Waals surface area contributed by atoms with Gasteiger partial charge in [0.1, 0.15) is 5.75 Å². The second-order valence-electron chi connectivity index (χ2n) is 7.34. The van der Waals surface area contributed by atoms with E-state index in [4.69, 9.17) is 4.52 Å². The predicted octanol–water partition coefficient (Wildman–Crippen LogP) is 4.92. The number of carbonyl (C=O) groups excluding carboxylic acids is 1. The highest BCUT2D eigenvalue weighted by Crippen LogP contribution is 2.47. The van der Waals surface area contributed by atoms with Crippen LogP contribution in [0.5, 0.6) is 5.75 Å². The number of hydrogen-bond acceptors (Lipinski definition) is 4. The normalized spacial score (nSPS) is 17.7. The molecular formula is C21H24F3N2O4P. The Balaban J connectivity index is 1.66. The van der Waals surface area contributed by atoms with Crippen LogP contribution in [0.3, 0.4) is 0 Å². The average Bonchev–Trinajstić information content (AvgIpc) is 2.73. The van der Waals surface area contributed by atoms with Crippen molar-refractivity contribution in [3.63, 3.8) is 0 Å². The third-order valence-corrected chi connectivity index (χ3v) is 7.29. The first-order chi connectivity index (χ1) is 14.6. The van der Waals surface area contributed by atoms with E-state index in [1.165, 1.54) is 25.3 Å². The number of carbonyl (C=O) groups is 1. The molecule has 1 amide bonds. The van der Waals surface area contributed by atoms with E-state index in [2.05, 4.69) is 10.1 Å². The van der Waals surface area contributed by atoms with Crippen molar-refractivity contribution in [2.24, 2.45) is 0 Å². The van der Waals surface area contributed by atoms with Crippen molar-refractivity contribution < 1.29 is 31.8 Å². The van der Waals surface area contributed by atoms with E-state index in [1.807, 2.05) is 0 Å². The molecule has 0 aromatic heterocycles. The van der Waals surface area contributed by atoms with E-state index in [1.54, 1.807) is 41.7 Å². The first kappa shape index (κ1) is 23.3. The Bertz CT molecular complexity index is 975. The quantitative estimate of drug-likeness (QED) is 0.626. The highest BCUT2D eigenvalue weighted by atomic mass is 31.2. The summed E-state index contributed by atoms with van der Waals surface area (Å²) >= 11 is 0. The number of nitrogens with one attached hydrogen (secondary N) is 1. The molecule has 2 aromatic rings. The Morgan fingerprint density at radius 2 is 1.71 bits per heavy atom. The monoisotopic (exact) mass is 456 g/mol. The van der Waals surface area contributed by atoms with Crippen molar-refractivity contribution in [2.45, 2.75) is 25.2 Å². The SMILES string of the molecule is COP(C)(=O)N1CCC(NC(=O)c2cccc(-c3cccc(OC(F)(F)F)c3)c2)CC1. The van der Waals surface area contributed by atoms with Crippen LogP contribution >= 0.6 is 7.52 Å². The third kappa shape index (κ3) is 6.32. The average molecular weight is 456 g/mol. The lowest BCUT2D eigenvalue weighted by Crippen LogP contribution is -2.43. The van der Waals surface area contributed by atoms with Gasteiger partial charge in [0, 0.05) is 38.5 Å². The molecule has 3 rings (SSSR count). The summed E-state index contributed by atoms with van der Waals surface area (Å²) in [7, 11) is -1.36. The summed E-state index contributed by atoms with van der Waals surface area (Å²) in [4.78, 5) is 12.7. The number of rotatable bonds is 6. The molecule has 1 heterocycles. The van der Waals surface area contributed by atoms with Gasteiger partial charge in [-0.25, -0.2) is 4.67 Å². The third-order valence-electron chi connectivity index (χ3n) is 5.18. The van der Waals surface area contributed by atoms with Gasteiger partial charge < -0.3 is 14.6 Å². The van der Waals surface area contributed by atoms with Crippen LogP contribution in [0.4, 0.5) is 13.2 Å². The molecule has 0 bridgehead atoms. The van der Waals surface area contributed by atoms with Gasteiger partial charge in [0.25, 0.3) is 13.4 Å². The van der Waals surface area contributed by atoms with Crippen molar-refractivity contribution in [2.75, 3.05) is 26.9 Å². The van der Waals surface area contributed by atoms with Gasteiger partial charge in [0.15, 0.2) is 0 Å². The van der Waals surface area contributed by atoms with Gasteiger partial charge in [0.05, 0.1) is 0 Å². The van der Waals surface area contributed by atoms with Crippen LogP contribution in [0.15, 0.2) is 48.5 Å². The summed E-state index contributed by atoms with van der Waals surface area (Å²) in [6, 6.07) is 12.2. The maximum Gasteiger partial charge on any atom is 0.573 e. The molecule has 1 atom stereocenters. The summed E-state index contributed by atoms with van der Waals surface area (Å²) in [5.41, 5.74) is 1.50. The van der Waals surface area contributed by atoms with Crippen LogP contribution in [0.25, 0.3) is 11.1 Å². The van der Waals surface area contributed by atoms with E-state index in [-0.39, 0.29) is 17.7 Å². The molecule has 1 N–H and O–H groups in total. The van der Waals surface area contributed by atoms with Crippen LogP contribution in [0.2, 0.25) is 0 Å². The Hall–Kier alpha value is -2.35. The second kappa shape index (κ2) is 9.42. The number of piperidine rings is 1. The minimum Gasteiger partial charge on any atom is -0.406 e. The fourth-order valence-electron chi connectivity index (χ4n) is 3.47. The maximum atomic E-state index is 12.7. The lowest BCUT2D eigenvalue weighted by molar-refractivity contribution is -0.274. The molecule has 168 valence electrons. The molecule has 1 aliphatic rings. The standard InChI is InChI=1S/C21H24F3N2O4P/c1-29-31(2,28)26-11-9-18(10-12-26)25-20(27)17-7-3-5-15(13-17)16-6-4-8-19(14-16)30-21(22,23)24/h3-8,13-14,18H,9-12H2,1-2H3,(H,25,27). The Labute approximate surface area is 178 Å². The van der Waals surface area contributed by atoms with E-state index in [0.717, 1.165) is 0 Å². The van der Waals surface area contributed by atoms with E-state index >= 15 is 0 Å². The highest BCUT2D eigenvalue weighted by molar-refractivity contribution is 7.55. The number of nitrogens with zero attached hydrogens (tertiary/aromatic N) is 1. The van der Waals surface area contributed by atoms with Gasteiger partial charge in [-0.05, 0) is 48.2 Å². The molecule has 1 aliphatic heterocycles. The number of alkyl halides is 3. The van der Waals surface area contributed by atoms with Crippen molar-refractivity contribution >= 4 is 13.4 Å². The van der Waals surface area contributed by atoms with Gasteiger partial charge in [-0.15, -0.1) is 13.2 Å². The van der Waals surface area contributed by atoms with Gasteiger partial charge in [-0.3, -0.25) is 9.36 Å². The molecule has 1 saturated heterocycles. The zero-order valence-electron chi connectivity index (χ0n) is 17.2. The predicted molar refractivity (Wildman–Crippen MR) is 111 cm³/mol. The Kier molecular flexibility index (Phi) is 7.09. The number of ether oxygens (including phenoxy) is 1. The zero-order chi connectivity index (χ0) is 22.6. The van der Waals surface area contributed by atoms with Gasteiger partial charge in [0.2, 0.25) is 0 Å². The maximum absolute atomic E-state index is 12.7. The molecule has 1 unspecified atom stereocenters. The Morgan fingerprint density at radius 1 is 1.10 bits per heavy atom. The van der Waals surface area contributed by atoms with E-state index in [9.17, 15) is 22.5 Å². The molecule has 0 aliphatic carbocycles.